The number of sulfonamides is 1. The van der Waals surface area contributed by atoms with Gasteiger partial charge in [0.1, 0.15) is 16.8 Å². The minimum absolute atomic E-state index is 0.156. The zero-order valence-corrected chi connectivity index (χ0v) is 11.6. The third-order valence-corrected chi connectivity index (χ3v) is 5.38. The first-order chi connectivity index (χ1) is 8.84. The van der Waals surface area contributed by atoms with Crippen molar-refractivity contribution in [1.82, 2.24) is 9.62 Å². The van der Waals surface area contributed by atoms with Crippen LogP contribution in [0, 0.1) is 5.82 Å². The Morgan fingerprint density at radius 3 is 2.79 bits per heavy atom. The second kappa shape index (κ2) is 5.07. The monoisotopic (exact) mass is 306 g/mol. The number of carbonyl (C=O) groups is 1. The molecule has 1 saturated heterocycles. The molecule has 8 heteroatoms. The summed E-state index contributed by atoms with van der Waals surface area (Å²) in [6, 6.07) is 2.24. The molecule has 0 aromatic heterocycles. The number of carbonyl (C=O) groups excluding carboxylic acids is 1. The van der Waals surface area contributed by atoms with E-state index in [1.54, 1.807) is 0 Å². The van der Waals surface area contributed by atoms with E-state index < -0.39 is 21.9 Å². The molecular weight excluding hydrogens is 295 g/mol. The van der Waals surface area contributed by atoms with Crippen molar-refractivity contribution in [3.63, 3.8) is 0 Å². The van der Waals surface area contributed by atoms with Crippen LogP contribution in [0.2, 0.25) is 5.02 Å². The molecule has 1 fully saturated rings. The molecule has 104 valence electrons. The van der Waals surface area contributed by atoms with Gasteiger partial charge in [0.05, 0.1) is 5.02 Å². The molecule has 1 atom stereocenters. The molecule has 0 aliphatic carbocycles. The molecule has 19 heavy (non-hydrogen) atoms. The smallest absolute Gasteiger partial charge is 0.245 e. The Kier molecular flexibility index (Phi) is 3.80. The molecule has 1 aliphatic rings. The molecule has 0 bridgehead atoms. The van der Waals surface area contributed by atoms with Crippen molar-refractivity contribution in [3.05, 3.63) is 29.0 Å². The Morgan fingerprint density at radius 1 is 1.47 bits per heavy atom. The molecule has 5 nitrogen and oxygen atoms in total. The van der Waals surface area contributed by atoms with Crippen molar-refractivity contribution in [3.8, 4) is 0 Å². The van der Waals surface area contributed by atoms with E-state index in [4.69, 9.17) is 11.6 Å². The van der Waals surface area contributed by atoms with Crippen molar-refractivity contribution < 1.29 is 17.6 Å². The van der Waals surface area contributed by atoms with Crippen molar-refractivity contribution in [2.24, 2.45) is 0 Å². The van der Waals surface area contributed by atoms with Gasteiger partial charge in [0, 0.05) is 13.1 Å². The lowest BCUT2D eigenvalue weighted by Gasteiger charge is -2.31. The van der Waals surface area contributed by atoms with E-state index in [1.165, 1.54) is 6.92 Å². The molecule has 1 aromatic carbocycles. The highest BCUT2D eigenvalue weighted by atomic mass is 35.5. The number of halogens is 2. The van der Waals surface area contributed by atoms with Gasteiger partial charge < -0.3 is 5.32 Å². The van der Waals surface area contributed by atoms with Crippen LogP contribution in [0.25, 0.3) is 0 Å². The van der Waals surface area contributed by atoms with Crippen LogP contribution in [0.1, 0.15) is 6.92 Å². The van der Waals surface area contributed by atoms with Gasteiger partial charge in [-0.2, -0.15) is 4.31 Å². The van der Waals surface area contributed by atoms with E-state index in [9.17, 15) is 17.6 Å². The highest BCUT2D eigenvalue weighted by Crippen LogP contribution is 2.27. The molecule has 0 radical (unpaired) electrons. The van der Waals surface area contributed by atoms with Gasteiger partial charge in [0.25, 0.3) is 0 Å². The third-order valence-electron chi connectivity index (χ3n) is 2.92. The van der Waals surface area contributed by atoms with Crippen LogP contribution in [-0.2, 0) is 14.8 Å². The molecule has 1 unspecified atom stereocenters. The van der Waals surface area contributed by atoms with Crippen molar-refractivity contribution in [1.29, 1.82) is 0 Å². The van der Waals surface area contributed by atoms with E-state index in [0.717, 1.165) is 22.5 Å². The Labute approximate surface area is 115 Å². The van der Waals surface area contributed by atoms with E-state index in [-0.39, 0.29) is 28.9 Å². The van der Waals surface area contributed by atoms with Gasteiger partial charge in [-0.25, -0.2) is 12.8 Å². The van der Waals surface area contributed by atoms with Gasteiger partial charge in [-0.1, -0.05) is 11.6 Å². The summed E-state index contributed by atoms with van der Waals surface area (Å²) in [6.45, 7) is 1.88. The highest BCUT2D eigenvalue weighted by Gasteiger charge is 2.36. The van der Waals surface area contributed by atoms with Crippen molar-refractivity contribution in [2.75, 3.05) is 13.1 Å². The topological polar surface area (TPSA) is 66.5 Å². The van der Waals surface area contributed by atoms with Crippen molar-refractivity contribution in [2.45, 2.75) is 17.9 Å². The summed E-state index contributed by atoms with van der Waals surface area (Å²) in [6.07, 6.45) is 0. The summed E-state index contributed by atoms with van der Waals surface area (Å²) in [5.74, 6) is -0.985. The lowest BCUT2D eigenvalue weighted by Crippen LogP contribution is -2.55. The summed E-state index contributed by atoms with van der Waals surface area (Å²) < 4.78 is 38.8. The first-order valence-corrected chi connectivity index (χ1v) is 7.40. The average Bonchev–Trinajstić information content (AvgIpc) is 2.31. The molecule has 0 spiro atoms. The number of amides is 1. The average molecular weight is 307 g/mol. The van der Waals surface area contributed by atoms with Gasteiger partial charge in [0.15, 0.2) is 0 Å². The maximum absolute atomic E-state index is 13.0. The van der Waals surface area contributed by atoms with Crippen LogP contribution in [0.5, 0.6) is 0 Å². The lowest BCUT2D eigenvalue weighted by molar-refractivity contribution is -0.126. The Balaban J connectivity index is 2.44. The van der Waals surface area contributed by atoms with Gasteiger partial charge in [0.2, 0.25) is 15.9 Å². The van der Waals surface area contributed by atoms with E-state index in [2.05, 4.69) is 5.32 Å². The van der Waals surface area contributed by atoms with Gasteiger partial charge >= 0.3 is 0 Å². The number of benzene rings is 1. The predicted octanol–water partition coefficient (Wildman–Crippen LogP) is 0.988. The fourth-order valence-electron chi connectivity index (χ4n) is 1.90. The van der Waals surface area contributed by atoms with E-state index >= 15 is 0 Å². The number of rotatable bonds is 2. The zero-order valence-electron chi connectivity index (χ0n) is 10.1. The Bertz CT molecular complexity index is 620. The summed E-state index contributed by atoms with van der Waals surface area (Å²) in [4.78, 5) is 11.3. The van der Waals surface area contributed by atoms with Crippen molar-refractivity contribution >= 4 is 27.5 Å². The van der Waals surface area contributed by atoms with Crippen LogP contribution in [-0.4, -0.2) is 37.8 Å². The molecule has 1 heterocycles. The van der Waals surface area contributed by atoms with Crippen LogP contribution >= 0.6 is 11.6 Å². The van der Waals surface area contributed by atoms with E-state index in [1.807, 2.05) is 0 Å². The van der Waals surface area contributed by atoms with Crippen LogP contribution in [0.4, 0.5) is 4.39 Å². The number of nitrogens with zero attached hydrogens (tertiary/aromatic N) is 1. The fraction of sp³-hybridized carbons (Fsp3) is 0.364. The molecule has 1 aliphatic heterocycles. The largest absolute Gasteiger partial charge is 0.353 e. The molecule has 1 N–H and O–H groups in total. The van der Waals surface area contributed by atoms with Gasteiger partial charge in [-0.3, -0.25) is 4.79 Å². The zero-order chi connectivity index (χ0) is 14.2. The minimum atomic E-state index is -3.92. The number of nitrogens with one attached hydrogen (secondary N) is 1. The summed E-state index contributed by atoms with van der Waals surface area (Å²) in [5, 5.41) is 2.37. The van der Waals surface area contributed by atoms with Crippen LogP contribution in [0.3, 0.4) is 0 Å². The molecule has 0 saturated carbocycles. The highest BCUT2D eigenvalue weighted by molar-refractivity contribution is 7.89. The number of piperazine rings is 1. The molecule has 1 amide bonds. The molecule has 2 rings (SSSR count). The summed E-state index contributed by atoms with van der Waals surface area (Å²) >= 11 is 5.77. The maximum Gasteiger partial charge on any atom is 0.245 e. The first kappa shape index (κ1) is 14.2. The Morgan fingerprint density at radius 2 is 2.16 bits per heavy atom. The van der Waals surface area contributed by atoms with Crippen LogP contribution in [0.15, 0.2) is 23.1 Å². The van der Waals surface area contributed by atoms with Gasteiger partial charge in [-0.05, 0) is 25.1 Å². The van der Waals surface area contributed by atoms with Crippen LogP contribution < -0.4 is 5.32 Å². The van der Waals surface area contributed by atoms with E-state index in [0.29, 0.717) is 0 Å². The quantitative estimate of drug-likeness (QED) is 0.886. The Hall–Kier alpha value is -1.18. The lowest BCUT2D eigenvalue weighted by atomic mass is 10.2. The minimum Gasteiger partial charge on any atom is -0.353 e. The summed E-state index contributed by atoms with van der Waals surface area (Å²) in [5.41, 5.74) is 0. The second-order valence-electron chi connectivity index (χ2n) is 4.16. The maximum atomic E-state index is 13.0. The normalized spacial score (nSPS) is 21.2. The SMILES string of the molecule is CC1C(=O)NCCN1S(=O)(=O)c1ccc(F)cc1Cl. The standard InChI is InChI=1S/C11H12ClFN2O3S/c1-7-11(16)14-4-5-15(7)19(17,18)10-3-2-8(13)6-9(10)12/h2-3,6-7H,4-5H2,1H3,(H,14,16). The number of hydrogen-bond acceptors (Lipinski definition) is 3. The summed E-state index contributed by atoms with van der Waals surface area (Å²) in [7, 11) is -3.92. The first-order valence-electron chi connectivity index (χ1n) is 5.58. The predicted molar refractivity (Wildman–Crippen MR) is 67.8 cm³/mol. The van der Waals surface area contributed by atoms with Gasteiger partial charge in [-0.15, -0.1) is 0 Å². The third kappa shape index (κ3) is 2.58. The second-order valence-corrected chi connectivity index (χ2v) is 6.42. The fourth-order valence-corrected chi connectivity index (χ4v) is 4.00. The number of hydrogen-bond donors (Lipinski definition) is 1. The molecular formula is C11H12ClFN2O3S. The molecule has 1 aromatic rings.